The maximum atomic E-state index is 14.1. The SMILES string of the molecule is CCCNCc1cccc(F)c1Sc1ccc(OC)cc1. The molecule has 0 unspecified atom stereocenters. The molecule has 0 spiro atoms. The highest BCUT2D eigenvalue weighted by molar-refractivity contribution is 7.99. The molecule has 0 saturated carbocycles. The van der Waals surface area contributed by atoms with Gasteiger partial charge in [0.1, 0.15) is 11.6 Å². The van der Waals surface area contributed by atoms with Crippen molar-refractivity contribution in [1.82, 2.24) is 5.32 Å². The molecule has 112 valence electrons. The summed E-state index contributed by atoms with van der Waals surface area (Å²) >= 11 is 1.45. The van der Waals surface area contributed by atoms with Gasteiger partial charge in [0.15, 0.2) is 0 Å². The van der Waals surface area contributed by atoms with Gasteiger partial charge in [-0.15, -0.1) is 0 Å². The van der Waals surface area contributed by atoms with Gasteiger partial charge in [0.2, 0.25) is 0 Å². The standard InChI is InChI=1S/C17H20FNOS/c1-3-11-19-12-13-5-4-6-16(18)17(13)21-15-9-7-14(20-2)8-10-15/h4-10,19H,3,11-12H2,1-2H3. The Balaban J connectivity index is 2.16. The third-order valence-electron chi connectivity index (χ3n) is 3.07. The molecule has 2 rings (SSSR count). The van der Waals surface area contributed by atoms with Crippen molar-refractivity contribution in [2.45, 2.75) is 29.7 Å². The Hall–Kier alpha value is -1.52. The second kappa shape index (κ2) is 8.05. The number of methoxy groups -OCH3 is 1. The molecule has 2 nitrogen and oxygen atoms in total. The zero-order valence-electron chi connectivity index (χ0n) is 12.4. The van der Waals surface area contributed by atoms with Crippen LogP contribution < -0.4 is 10.1 Å². The number of benzene rings is 2. The minimum atomic E-state index is -0.174. The summed E-state index contributed by atoms with van der Waals surface area (Å²) in [5.41, 5.74) is 0.990. The number of halogens is 1. The van der Waals surface area contributed by atoms with Crippen LogP contribution in [0.4, 0.5) is 4.39 Å². The molecule has 0 radical (unpaired) electrons. The first kappa shape index (κ1) is 15.9. The van der Waals surface area contributed by atoms with Crippen molar-refractivity contribution >= 4 is 11.8 Å². The van der Waals surface area contributed by atoms with Crippen molar-refractivity contribution in [1.29, 1.82) is 0 Å². The van der Waals surface area contributed by atoms with E-state index in [2.05, 4.69) is 12.2 Å². The van der Waals surface area contributed by atoms with Gasteiger partial charge >= 0.3 is 0 Å². The summed E-state index contributed by atoms with van der Waals surface area (Å²) in [5.74, 6) is 0.629. The lowest BCUT2D eigenvalue weighted by atomic mass is 10.2. The van der Waals surface area contributed by atoms with Gasteiger partial charge in [-0.25, -0.2) is 4.39 Å². The third-order valence-corrected chi connectivity index (χ3v) is 4.24. The highest BCUT2D eigenvalue weighted by Crippen LogP contribution is 2.33. The second-order valence-electron chi connectivity index (χ2n) is 4.68. The van der Waals surface area contributed by atoms with Gasteiger partial charge in [0.25, 0.3) is 0 Å². The molecule has 0 heterocycles. The number of nitrogens with one attached hydrogen (secondary N) is 1. The van der Waals surface area contributed by atoms with Crippen molar-refractivity contribution < 1.29 is 9.13 Å². The molecule has 2 aromatic rings. The molecule has 0 bridgehead atoms. The van der Waals surface area contributed by atoms with Crippen LogP contribution in [0.3, 0.4) is 0 Å². The predicted octanol–water partition coefficient (Wildman–Crippen LogP) is 4.49. The fourth-order valence-electron chi connectivity index (χ4n) is 1.97. The van der Waals surface area contributed by atoms with Gasteiger partial charge in [-0.05, 0) is 48.9 Å². The van der Waals surface area contributed by atoms with E-state index < -0.39 is 0 Å². The molecule has 21 heavy (non-hydrogen) atoms. The van der Waals surface area contributed by atoms with Crippen LogP contribution in [0.15, 0.2) is 52.3 Å². The van der Waals surface area contributed by atoms with Gasteiger partial charge < -0.3 is 10.1 Å². The highest BCUT2D eigenvalue weighted by atomic mass is 32.2. The van der Waals surface area contributed by atoms with Crippen molar-refractivity contribution in [2.24, 2.45) is 0 Å². The van der Waals surface area contributed by atoms with E-state index in [0.29, 0.717) is 11.4 Å². The molecule has 2 aromatic carbocycles. The van der Waals surface area contributed by atoms with E-state index in [1.807, 2.05) is 30.3 Å². The number of hydrogen-bond acceptors (Lipinski definition) is 3. The van der Waals surface area contributed by atoms with Gasteiger partial charge in [-0.3, -0.25) is 0 Å². The minimum Gasteiger partial charge on any atom is -0.497 e. The quantitative estimate of drug-likeness (QED) is 0.762. The van der Waals surface area contributed by atoms with E-state index in [-0.39, 0.29) is 5.82 Å². The Labute approximate surface area is 129 Å². The predicted molar refractivity (Wildman–Crippen MR) is 85.5 cm³/mol. The summed E-state index contributed by atoms with van der Waals surface area (Å²) in [6.07, 6.45) is 1.07. The zero-order valence-corrected chi connectivity index (χ0v) is 13.2. The Morgan fingerprint density at radius 1 is 1.14 bits per heavy atom. The smallest absolute Gasteiger partial charge is 0.137 e. The van der Waals surface area contributed by atoms with E-state index in [9.17, 15) is 4.39 Å². The van der Waals surface area contributed by atoms with Crippen LogP contribution in [0.2, 0.25) is 0 Å². The molecule has 0 aliphatic carbocycles. The van der Waals surface area contributed by atoms with E-state index in [1.165, 1.54) is 17.8 Å². The van der Waals surface area contributed by atoms with Crippen LogP contribution in [0.5, 0.6) is 5.75 Å². The largest absolute Gasteiger partial charge is 0.497 e. The summed E-state index contributed by atoms with van der Waals surface area (Å²) in [7, 11) is 1.64. The first-order valence-electron chi connectivity index (χ1n) is 7.04. The van der Waals surface area contributed by atoms with Gasteiger partial charge in [0.05, 0.1) is 12.0 Å². The lowest BCUT2D eigenvalue weighted by Gasteiger charge is -2.11. The Morgan fingerprint density at radius 3 is 2.57 bits per heavy atom. The molecule has 0 atom stereocenters. The van der Waals surface area contributed by atoms with Crippen LogP contribution >= 0.6 is 11.8 Å². The second-order valence-corrected chi connectivity index (χ2v) is 5.77. The Kier molecular flexibility index (Phi) is 6.08. The summed E-state index contributed by atoms with van der Waals surface area (Å²) in [4.78, 5) is 1.68. The summed E-state index contributed by atoms with van der Waals surface area (Å²) in [6.45, 7) is 3.73. The molecule has 1 N–H and O–H groups in total. The van der Waals surface area contributed by atoms with Crippen LogP contribution in [-0.4, -0.2) is 13.7 Å². The van der Waals surface area contributed by atoms with Gasteiger partial charge in [-0.1, -0.05) is 30.8 Å². The first-order chi connectivity index (χ1) is 10.2. The number of hydrogen-bond donors (Lipinski definition) is 1. The monoisotopic (exact) mass is 305 g/mol. The summed E-state index contributed by atoms with van der Waals surface area (Å²) in [6, 6.07) is 12.9. The molecule has 0 aliphatic heterocycles. The maximum Gasteiger partial charge on any atom is 0.137 e. The molecule has 0 amide bonds. The van der Waals surface area contributed by atoms with Crippen molar-refractivity contribution in [3.63, 3.8) is 0 Å². The lowest BCUT2D eigenvalue weighted by Crippen LogP contribution is -2.14. The van der Waals surface area contributed by atoms with Gasteiger partial charge in [0, 0.05) is 11.4 Å². The van der Waals surface area contributed by atoms with Gasteiger partial charge in [-0.2, -0.15) is 0 Å². The summed E-state index contributed by atoms with van der Waals surface area (Å²) in [5, 5.41) is 3.32. The molecule has 0 aromatic heterocycles. The van der Waals surface area contributed by atoms with Crippen LogP contribution in [0, 0.1) is 5.82 Å². The lowest BCUT2D eigenvalue weighted by molar-refractivity contribution is 0.414. The third kappa shape index (κ3) is 4.48. The van der Waals surface area contributed by atoms with Crippen molar-refractivity contribution in [2.75, 3.05) is 13.7 Å². The Morgan fingerprint density at radius 2 is 1.90 bits per heavy atom. The fraction of sp³-hybridized carbons (Fsp3) is 0.294. The van der Waals surface area contributed by atoms with Crippen molar-refractivity contribution in [3.05, 3.63) is 53.8 Å². The van der Waals surface area contributed by atoms with E-state index in [0.717, 1.165) is 29.2 Å². The average Bonchev–Trinajstić information content (AvgIpc) is 2.51. The van der Waals surface area contributed by atoms with E-state index in [4.69, 9.17) is 4.74 Å². The molecular weight excluding hydrogens is 285 g/mol. The summed E-state index contributed by atoms with van der Waals surface area (Å²) < 4.78 is 19.3. The Bertz CT molecular complexity index is 572. The van der Waals surface area contributed by atoms with Crippen molar-refractivity contribution in [3.8, 4) is 5.75 Å². The highest BCUT2D eigenvalue weighted by Gasteiger charge is 2.10. The van der Waals surface area contributed by atoms with E-state index >= 15 is 0 Å². The fourth-order valence-corrected chi connectivity index (χ4v) is 2.91. The maximum absolute atomic E-state index is 14.1. The molecule has 0 saturated heterocycles. The minimum absolute atomic E-state index is 0.174. The molecule has 0 fully saturated rings. The number of ether oxygens (including phenoxy) is 1. The first-order valence-corrected chi connectivity index (χ1v) is 7.86. The molecule has 0 aliphatic rings. The average molecular weight is 305 g/mol. The topological polar surface area (TPSA) is 21.3 Å². The number of rotatable bonds is 7. The molecular formula is C17H20FNOS. The molecule has 4 heteroatoms. The normalized spacial score (nSPS) is 10.6. The van der Waals surface area contributed by atoms with Crippen LogP contribution in [-0.2, 0) is 6.54 Å². The van der Waals surface area contributed by atoms with Crippen LogP contribution in [0.25, 0.3) is 0 Å². The zero-order chi connectivity index (χ0) is 15.1. The van der Waals surface area contributed by atoms with Crippen LogP contribution in [0.1, 0.15) is 18.9 Å². The van der Waals surface area contributed by atoms with E-state index in [1.54, 1.807) is 13.2 Å².